The molecule has 0 aromatic heterocycles. The molecule has 0 aliphatic carbocycles. The van der Waals surface area contributed by atoms with Crippen LogP contribution in [0.25, 0.3) is 0 Å². The third kappa shape index (κ3) is 6.44. The Kier molecular flexibility index (Phi) is 8.62. The maximum atomic E-state index is 13.5. The van der Waals surface area contributed by atoms with E-state index in [1.54, 1.807) is 37.4 Å². The van der Waals surface area contributed by atoms with Crippen LogP contribution in [0.4, 0.5) is 5.69 Å². The van der Waals surface area contributed by atoms with Gasteiger partial charge in [0.05, 0.1) is 34.3 Å². The number of carbonyl (C=O) groups excluding carboxylic acids is 3. The maximum absolute atomic E-state index is 13.5. The summed E-state index contributed by atoms with van der Waals surface area (Å²) >= 11 is 5.61. The number of nitrogens with zero attached hydrogens (tertiary/aromatic N) is 2. The van der Waals surface area contributed by atoms with E-state index in [-0.39, 0.29) is 23.6 Å². The van der Waals surface area contributed by atoms with Gasteiger partial charge < -0.3 is 19.5 Å². The predicted octanol–water partition coefficient (Wildman–Crippen LogP) is 3.38. The summed E-state index contributed by atoms with van der Waals surface area (Å²) in [6.45, 7) is 0.189. The van der Waals surface area contributed by atoms with E-state index in [1.165, 1.54) is 36.3 Å². The van der Waals surface area contributed by atoms with E-state index in [0.29, 0.717) is 22.9 Å². The van der Waals surface area contributed by atoms with Crippen LogP contribution in [0.2, 0.25) is 0 Å². The number of rotatable bonds is 10. The quantitative estimate of drug-likeness (QED) is 0.371. The number of ether oxygens (including phenoxy) is 3. The largest absolute Gasteiger partial charge is 0.497 e. The molecule has 1 unspecified atom stereocenters. The van der Waals surface area contributed by atoms with Gasteiger partial charge in [0.2, 0.25) is 5.91 Å². The zero-order chi connectivity index (χ0) is 27.9. The molecule has 10 nitrogen and oxygen atoms in total. The highest BCUT2D eigenvalue weighted by atomic mass is 32.1. The maximum Gasteiger partial charge on any atom is 0.270 e. The van der Waals surface area contributed by atoms with Crippen molar-refractivity contribution in [2.75, 3.05) is 26.6 Å². The molecule has 39 heavy (non-hydrogen) atoms. The van der Waals surface area contributed by atoms with E-state index in [0.717, 1.165) is 5.56 Å². The van der Waals surface area contributed by atoms with Gasteiger partial charge >= 0.3 is 0 Å². The van der Waals surface area contributed by atoms with Crippen LogP contribution in [0, 0.1) is 0 Å². The molecule has 2 N–H and O–H groups in total. The first-order chi connectivity index (χ1) is 18.8. The number of hydrogen-bond donors (Lipinski definition) is 2. The Morgan fingerprint density at radius 1 is 0.872 bits per heavy atom. The normalized spacial score (nSPS) is 14.7. The molecule has 0 bridgehead atoms. The fourth-order valence-corrected chi connectivity index (χ4v) is 4.37. The lowest BCUT2D eigenvalue weighted by Gasteiger charge is -2.24. The number of thiocarbonyl (C=S) groups is 1. The number of anilines is 1. The second kappa shape index (κ2) is 12.3. The minimum atomic E-state index is -1.06. The predicted molar refractivity (Wildman–Crippen MR) is 148 cm³/mol. The van der Waals surface area contributed by atoms with E-state index in [1.807, 2.05) is 30.3 Å². The molecule has 1 atom stereocenters. The lowest BCUT2D eigenvalue weighted by Crippen LogP contribution is -2.49. The van der Waals surface area contributed by atoms with E-state index in [2.05, 4.69) is 10.7 Å². The van der Waals surface area contributed by atoms with Gasteiger partial charge in [-0.1, -0.05) is 30.3 Å². The molecular formula is C28H28N4O6S. The Balaban J connectivity index is 1.57. The van der Waals surface area contributed by atoms with Crippen LogP contribution in [0.5, 0.6) is 17.2 Å². The molecule has 202 valence electrons. The van der Waals surface area contributed by atoms with Crippen molar-refractivity contribution >= 4 is 40.7 Å². The third-order valence-corrected chi connectivity index (χ3v) is 6.49. The van der Waals surface area contributed by atoms with Gasteiger partial charge in [-0.05, 0) is 54.2 Å². The summed E-state index contributed by atoms with van der Waals surface area (Å²) < 4.78 is 15.7. The summed E-state index contributed by atoms with van der Waals surface area (Å²) in [5.74, 6) is 0.0947. The lowest BCUT2D eigenvalue weighted by molar-refractivity contribution is -0.131. The molecule has 0 saturated carbocycles. The number of carbonyl (C=O) groups is 3. The molecule has 3 aromatic carbocycles. The smallest absolute Gasteiger partial charge is 0.270 e. The van der Waals surface area contributed by atoms with Crippen molar-refractivity contribution in [1.29, 1.82) is 0 Å². The van der Waals surface area contributed by atoms with Crippen molar-refractivity contribution in [3.63, 3.8) is 0 Å². The Labute approximate surface area is 231 Å². The average molecular weight is 549 g/mol. The number of hydrazine groups is 1. The van der Waals surface area contributed by atoms with Crippen molar-refractivity contribution in [3.8, 4) is 17.2 Å². The van der Waals surface area contributed by atoms with Gasteiger partial charge in [0.15, 0.2) is 5.11 Å². The molecular weight excluding hydrogens is 520 g/mol. The molecule has 1 aliphatic heterocycles. The van der Waals surface area contributed by atoms with Gasteiger partial charge in [-0.2, -0.15) is 0 Å². The van der Waals surface area contributed by atoms with Crippen molar-refractivity contribution in [2.24, 2.45) is 0 Å². The second-order valence-electron chi connectivity index (χ2n) is 8.60. The van der Waals surface area contributed by atoms with Gasteiger partial charge in [-0.25, -0.2) is 5.01 Å². The standard InChI is InChI=1S/C28H28N4O6S/c1-36-21-11-9-20(10-12-21)29-25(33)16-24-27(35)31(17-18-7-5-4-6-8-18)28(39)32(24)30-26(34)19-13-22(37-2)15-23(14-19)38-3/h4-15,24H,16-17H2,1-3H3,(H,29,33)(H,30,34). The highest BCUT2D eigenvalue weighted by Gasteiger charge is 2.44. The Bertz CT molecular complexity index is 1340. The fourth-order valence-electron chi connectivity index (χ4n) is 4.04. The first-order valence-electron chi connectivity index (χ1n) is 12.0. The fraction of sp³-hybridized carbons (Fsp3) is 0.214. The van der Waals surface area contributed by atoms with Crippen LogP contribution in [0.3, 0.4) is 0 Å². The van der Waals surface area contributed by atoms with Crippen molar-refractivity contribution in [3.05, 3.63) is 83.9 Å². The van der Waals surface area contributed by atoms with Crippen LogP contribution in [-0.4, -0.2) is 60.1 Å². The van der Waals surface area contributed by atoms with Crippen molar-refractivity contribution in [1.82, 2.24) is 15.3 Å². The van der Waals surface area contributed by atoms with E-state index in [9.17, 15) is 14.4 Å². The summed E-state index contributed by atoms with van der Waals surface area (Å²) in [5, 5.41) is 4.12. The molecule has 1 heterocycles. The van der Waals surface area contributed by atoms with Crippen LogP contribution in [0.15, 0.2) is 72.8 Å². The zero-order valence-corrected chi connectivity index (χ0v) is 22.5. The third-order valence-electron chi connectivity index (χ3n) is 6.07. The summed E-state index contributed by atoms with van der Waals surface area (Å²) in [6.07, 6.45) is -0.252. The SMILES string of the molecule is COc1ccc(NC(=O)CC2C(=O)N(Cc3ccccc3)C(=S)N2NC(=O)c2cc(OC)cc(OC)c2)cc1. The molecule has 0 radical (unpaired) electrons. The van der Waals surface area contributed by atoms with Crippen molar-refractivity contribution < 1.29 is 28.6 Å². The Morgan fingerprint density at radius 3 is 2.08 bits per heavy atom. The lowest BCUT2D eigenvalue weighted by atomic mass is 10.1. The number of hydrogen-bond acceptors (Lipinski definition) is 7. The molecule has 3 amide bonds. The second-order valence-corrected chi connectivity index (χ2v) is 8.97. The number of benzene rings is 3. The van der Waals surface area contributed by atoms with E-state index >= 15 is 0 Å². The molecule has 1 aliphatic rings. The van der Waals surface area contributed by atoms with Gasteiger partial charge in [0, 0.05) is 17.3 Å². The number of nitrogens with one attached hydrogen (secondary N) is 2. The van der Waals surface area contributed by atoms with Crippen molar-refractivity contribution in [2.45, 2.75) is 19.0 Å². The van der Waals surface area contributed by atoms with Gasteiger partial charge in [0.1, 0.15) is 23.3 Å². The first-order valence-corrected chi connectivity index (χ1v) is 12.4. The minimum absolute atomic E-state index is 0.0781. The van der Waals surface area contributed by atoms with Crippen LogP contribution in [-0.2, 0) is 16.1 Å². The molecule has 1 saturated heterocycles. The zero-order valence-electron chi connectivity index (χ0n) is 21.7. The molecule has 11 heteroatoms. The van der Waals surface area contributed by atoms with Crippen LogP contribution >= 0.6 is 12.2 Å². The first kappa shape index (κ1) is 27.4. The Hall–Kier alpha value is -4.64. The summed E-state index contributed by atoms with van der Waals surface area (Å²) in [7, 11) is 4.50. The van der Waals surface area contributed by atoms with Crippen LogP contribution in [0.1, 0.15) is 22.3 Å². The molecule has 1 fully saturated rings. The van der Waals surface area contributed by atoms with Gasteiger partial charge in [0.25, 0.3) is 11.8 Å². The monoisotopic (exact) mass is 548 g/mol. The number of methoxy groups -OCH3 is 3. The summed E-state index contributed by atoms with van der Waals surface area (Å²) in [6, 6.07) is 19.8. The summed E-state index contributed by atoms with van der Waals surface area (Å²) in [5.41, 5.74) is 4.32. The summed E-state index contributed by atoms with van der Waals surface area (Å²) in [4.78, 5) is 41.2. The van der Waals surface area contributed by atoms with E-state index in [4.69, 9.17) is 26.4 Å². The van der Waals surface area contributed by atoms with Gasteiger partial charge in [-0.3, -0.25) is 24.7 Å². The topological polar surface area (TPSA) is 109 Å². The molecule has 3 aromatic rings. The molecule has 0 spiro atoms. The van der Waals surface area contributed by atoms with Gasteiger partial charge in [-0.15, -0.1) is 0 Å². The Morgan fingerprint density at radius 2 is 1.49 bits per heavy atom. The van der Waals surface area contributed by atoms with E-state index < -0.39 is 23.8 Å². The minimum Gasteiger partial charge on any atom is -0.497 e. The van der Waals surface area contributed by atoms with Crippen LogP contribution < -0.4 is 25.0 Å². The highest BCUT2D eigenvalue weighted by Crippen LogP contribution is 2.25. The molecule has 4 rings (SSSR count). The number of amides is 3. The average Bonchev–Trinajstić information content (AvgIpc) is 3.17. The highest BCUT2D eigenvalue weighted by molar-refractivity contribution is 7.80.